The highest BCUT2D eigenvalue weighted by Gasteiger charge is 2.22. The van der Waals surface area contributed by atoms with Gasteiger partial charge >= 0.3 is 0 Å². The molecule has 1 aromatic rings. The van der Waals surface area contributed by atoms with Gasteiger partial charge in [-0.2, -0.15) is 0 Å². The van der Waals surface area contributed by atoms with Crippen molar-refractivity contribution in [2.24, 2.45) is 5.92 Å². The standard InChI is InChI=1S/C12H17FO3S/c1-3-9(2)12(14)8-17(15,16)11-6-4-10(13)5-7-11/h4-7,9,12,14H,3,8H2,1-2H3. The summed E-state index contributed by atoms with van der Waals surface area (Å²) in [5.74, 6) is -0.884. The minimum Gasteiger partial charge on any atom is -0.392 e. The number of hydrogen-bond donors (Lipinski definition) is 1. The van der Waals surface area contributed by atoms with Gasteiger partial charge in [0.2, 0.25) is 0 Å². The van der Waals surface area contributed by atoms with Gasteiger partial charge in [0.15, 0.2) is 9.84 Å². The minimum absolute atomic E-state index is 0.0428. The van der Waals surface area contributed by atoms with Crippen molar-refractivity contribution in [1.29, 1.82) is 0 Å². The third kappa shape index (κ3) is 3.78. The van der Waals surface area contributed by atoms with E-state index in [0.29, 0.717) is 6.42 Å². The summed E-state index contributed by atoms with van der Waals surface area (Å²) in [6, 6.07) is 4.63. The molecular weight excluding hydrogens is 243 g/mol. The Balaban J connectivity index is 2.85. The fourth-order valence-corrected chi connectivity index (χ4v) is 2.92. The summed E-state index contributed by atoms with van der Waals surface area (Å²) >= 11 is 0. The topological polar surface area (TPSA) is 54.4 Å². The molecule has 2 atom stereocenters. The second-order valence-corrected chi connectivity index (χ2v) is 6.22. The van der Waals surface area contributed by atoms with Crippen molar-refractivity contribution in [2.45, 2.75) is 31.3 Å². The Morgan fingerprint density at radius 3 is 2.29 bits per heavy atom. The normalized spacial score (nSPS) is 15.5. The van der Waals surface area contributed by atoms with Gasteiger partial charge in [0.05, 0.1) is 16.8 Å². The summed E-state index contributed by atoms with van der Waals surface area (Å²) in [7, 11) is -3.55. The molecule has 1 aromatic carbocycles. The van der Waals surface area contributed by atoms with E-state index in [-0.39, 0.29) is 16.6 Å². The van der Waals surface area contributed by atoms with Crippen molar-refractivity contribution in [2.75, 3.05) is 5.75 Å². The highest BCUT2D eigenvalue weighted by Crippen LogP contribution is 2.16. The molecule has 3 nitrogen and oxygen atoms in total. The Hall–Kier alpha value is -0.940. The first-order valence-electron chi connectivity index (χ1n) is 5.53. The Morgan fingerprint density at radius 1 is 1.29 bits per heavy atom. The largest absolute Gasteiger partial charge is 0.392 e. The van der Waals surface area contributed by atoms with Gasteiger partial charge in [0, 0.05) is 0 Å². The van der Waals surface area contributed by atoms with Crippen LogP contribution in [0.2, 0.25) is 0 Å². The van der Waals surface area contributed by atoms with Crippen molar-refractivity contribution in [1.82, 2.24) is 0 Å². The molecule has 0 radical (unpaired) electrons. The summed E-state index contributed by atoms with van der Waals surface area (Å²) < 4.78 is 36.5. The second-order valence-electron chi connectivity index (χ2n) is 4.19. The summed E-state index contributed by atoms with van der Waals surface area (Å²) in [4.78, 5) is 0.0428. The average molecular weight is 260 g/mol. The molecule has 1 N–H and O–H groups in total. The molecule has 2 unspecified atom stereocenters. The number of sulfone groups is 1. The van der Waals surface area contributed by atoms with Gasteiger partial charge < -0.3 is 5.11 Å². The molecule has 0 aromatic heterocycles. The van der Waals surface area contributed by atoms with E-state index in [0.717, 1.165) is 12.1 Å². The lowest BCUT2D eigenvalue weighted by atomic mass is 10.0. The Bertz CT molecular complexity index is 453. The molecule has 0 saturated carbocycles. The first-order chi connectivity index (χ1) is 7.86. The van der Waals surface area contributed by atoms with Gasteiger partial charge in [-0.1, -0.05) is 20.3 Å². The lowest BCUT2D eigenvalue weighted by molar-refractivity contribution is 0.135. The molecular formula is C12H17FO3S. The maximum atomic E-state index is 12.7. The molecule has 0 aliphatic heterocycles. The molecule has 0 amide bonds. The van der Waals surface area contributed by atoms with Crippen LogP contribution in [0.4, 0.5) is 4.39 Å². The van der Waals surface area contributed by atoms with Crippen LogP contribution < -0.4 is 0 Å². The maximum absolute atomic E-state index is 12.7. The molecule has 0 bridgehead atoms. The third-order valence-electron chi connectivity index (χ3n) is 2.86. The number of aliphatic hydroxyl groups is 1. The zero-order valence-electron chi connectivity index (χ0n) is 9.93. The van der Waals surface area contributed by atoms with E-state index >= 15 is 0 Å². The van der Waals surface area contributed by atoms with E-state index in [2.05, 4.69) is 0 Å². The van der Waals surface area contributed by atoms with E-state index in [1.807, 2.05) is 6.92 Å². The molecule has 5 heteroatoms. The summed E-state index contributed by atoms with van der Waals surface area (Å²) in [5.41, 5.74) is 0. The molecule has 17 heavy (non-hydrogen) atoms. The van der Waals surface area contributed by atoms with Crippen molar-refractivity contribution >= 4 is 9.84 Å². The van der Waals surface area contributed by atoms with Crippen LogP contribution in [0.3, 0.4) is 0 Å². The van der Waals surface area contributed by atoms with Gasteiger partial charge in [0.1, 0.15) is 5.82 Å². The second kappa shape index (κ2) is 5.60. The van der Waals surface area contributed by atoms with Gasteiger partial charge in [-0.3, -0.25) is 0 Å². The van der Waals surface area contributed by atoms with Gasteiger partial charge in [-0.25, -0.2) is 12.8 Å². The molecule has 0 aliphatic carbocycles. The Morgan fingerprint density at radius 2 is 1.82 bits per heavy atom. The van der Waals surface area contributed by atoms with E-state index in [9.17, 15) is 17.9 Å². The van der Waals surface area contributed by atoms with Crippen LogP contribution in [-0.2, 0) is 9.84 Å². The molecule has 96 valence electrons. The number of rotatable bonds is 5. The molecule has 0 fully saturated rings. The first kappa shape index (κ1) is 14.1. The van der Waals surface area contributed by atoms with Gasteiger partial charge in [-0.05, 0) is 30.2 Å². The van der Waals surface area contributed by atoms with Crippen LogP contribution in [-0.4, -0.2) is 25.4 Å². The zero-order valence-corrected chi connectivity index (χ0v) is 10.7. The maximum Gasteiger partial charge on any atom is 0.180 e. The Kier molecular flexibility index (Phi) is 4.65. The summed E-state index contributed by atoms with van der Waals surface area (Å²) in [6.45, 7) is 3.68. The van der Waals surface area contributed by atoms with Crippen LogP contribution >= 0.6 is 0 Å². The predicted molar refractivity (Wildman–Crippen MR) is 63.9 cm³/mol. The molecule has 0 heterocycles. The monoisotopic (exact) mass is 260 g/mol. The smallest absolute Gasteiger partial charge is 0.180 e. The zero-order chi connectivity index (χ0) is 13.1. The summed E-state index contributed by atoms with van der Waals surface area (Å²) in [5, 5.41) is 9.72. The van der Waals surface area contributed by atoms with E-state index < -0.39 is 21.8 Å². The van der Waals surface area contributed by atoms with Crippen molar-refractivity contribution in [3.63, 3.8) is 0 Å². The average Bonchev–Trinajstić information content (AvgIpc) is 2.27. The summed E-state index contributed by atoms with van der Waals surface area (Å²) in [6.07, 6.45) is -0.185. The van der Waals surface area contributed by atoms with E-state index in [1.54, 1.807) is 6.92 Å². The molecule has 0 saturated heterocycles. The van der Waals surface area contributed by atoms with Crippen molar-refractivity contribution < 1.29 is 17.9 Å². The lowest BCUT2D eigenvalue weighted by Crippen LogP contribution is -2.27. The number of hydrogen-bond acceptors (Lipinski definition) is 3. The van der Waals surface area contributed by atoms with Crippen LogP contribution in [0.15, 0.2) is 29.2 Å². The van der Waals surface area contributed by atoms with Crippen LogP contribution in [0.5, 0.6) is 0 Å². The quantitative estimate of drug-likeness (QED) is 0.824. The van der Waals surface area contributed by atoms with Crippen LogP contribution in [0, 0.1) is 11.7 Å². The fourth-order valence-electron chi connectivity index (χ4n) is 1.40. The highest BCUT2D eigenvalue weighted by atomic mass is 32.2. The van der Waals surface area contributed by atoms with Crippen LogP contribution in [0.25, 0.3) is 0 Å². The fraction of sp³-hybridized carbons (Fsp3) is 0.500. The minimum atomic E-state index is -3.55. The Labute approximate surface area is 101 Å². The highest BCUT2D eigenvalue weighted by molar-refractivity contribution is 7.91. The SMILES string of the molecule is CCC(C)C(O)CS(=O)(=O)c1ccc(F)cc1. The number of halogens is 1. The van der Waals surface area contributed by atoms with Crippen LogP contribution in [0.1, 0.15) is 20.3 Å². The first-order valence-corrected chi connectivity index (χ1v) is 7.18. The number of aliphatic hydroxyl groups excluding tert-OH is 1. The number of benzene rings is 1. The van der Waals surface area contributed by atoms with Crippen molar-refractivity contribution in [3.05, 3.63) is 30.1 Å². The predicted octanol–water partition coefficient (Wildman–Crippen LogP) is 2.01. The van der Waals surface area contributed by atoms with E-state index in [1.165, 1.54) is 12.1 Å². The lowest BCUT2D eigenvalue weighted by Gasteiger charge is -2.17. The molecule has 1 rings (SSSR count). The van der Waals surface area contributed by atoms with Gasteiger partial charge in [0.25, 0.3) is 0 Å². The van der Waals surface area contributed by atoms with E-state index in [4.69, 9.17) is 0 Å². The molecule has 0 aliphatic rings. The van der Waals surface area contributed by atoms with Crippen molar-refractivity contribution in [3.8, 4) is 0 Å². The van der Waals surface area contributed by atoms with Gasteiger partial charge in [-0.15, -0.1) is 0 Å². The third-order valence-corrected chi connectivity index (χ3v) is 4.63. The molecule has 0 spiro atoms.